The summed E-state index contributed by atoms with van der Waals surface area (Å²) in [5, 5.41) is 1.93. The van der Waals surface area contributed by atoms with Crippen molar-refractivity contribution < 1.29 is 4.74 Å². The van der Waals surface area contributed by atoms with Crippen LogP contribution in [-0.2, 0) is 6.42 Å². The van der Waals surface area contributed by atoms with Gasteiger partial charge in [-0.2, -0.15) is 0 Å². The Bertz CT molecular complexity index is 810. The zero-order chi connectivity index (χ0) is 16.2. The zero-order valence-corrected chi connectivity index (χ0v) is 14.0. The van der Waals surface area contributed by atoms with Crippen molar-refractivity contribution in [3.63, 3.8) is 0 Å². The second kappa shape index (κ2) is 7.07. The average molecular weight is 329 g/mol. The molecule has 4 heteroatoms. The molecule has 0 saturated heterocycles. The number of benzene rings is 2. The van der Waals surface area contributed by atoms with Crippen LogP contribution in [0.25, 0.3) is 22.2 Å². The number of nitrogens with two attached hydrogens (primary N) is 1. The number of aryl methyl sites for hydroxylation is 1. The van der Waals surface area contributed by atoms with Gasteiger partial charge in [0.05, 0.1) is 12.8 Å². The molecular weight excluding hydrogens is 308 g/mol. The molecule has 0 saturated carbocycles. The fourth-order valence-corrected chi connectivity index (χ4v) is 3.18. The number of rotatable bonds is 6. The highest BCUT2D eigenvalue weighted by Gasteiger charge is 2.16. The molecule has 2 aromatic carbocycles. The summed E-state index contributed by atoms with van der Waals surface area (Å²) in [5.74, 6) is 0.866. The largest absolute Gasteiger partial charge is 0.496 e. The summed E-state index contributed by atoms with van der Waals surface area (Å²) in [6.07, 6.45) is 3.03. The molecule has 0 unspecified atom stereocenters. The Labute approximate surface area is 141 Å². The number of hydrogen-bond acceptors (Lipinski definition) is 2. The maximum Gasteiger partial charge on any atom is 0.128 e. The third kappa shape index (κ3) is 3.21. The van der Waals surface area contributed by atoms with Crippen LogP contribution >= 0.6 is 11.6 Å². The van der Waals surface area contributed by atoms with Gasteiger partial charge in [-0.1, -0.05) is 23.7 Å². The van der Waals surface area contributed by atoms with Crippen molar-refractivity contribution in [3.05, 3.63) is 53.1 Å². The van der Waals surface area contributed by atoms with E-state index in [0.717, 1.165) is 46.8 Å². The lowest BCUT2D eigenvalue weighted by Crippen LogP contribution is -1.99. The average Bonchev–Trinajstić information content (AvgIpc) is 2.93. The molecule has 1 heterocycles. The number of halogens is 1. The Balaban J connectivity index is 2.16. The van der Waals surface area contributed by atoms with Crippen LogP contribution in [0.4, 0.5) is 0 Å². The van der Waals surface area contributed by atoms with Crippen molar-refractivity contribution >= 4 is 22.5 Å². The van der Waals surface area contributed by atoms with Crippen LogP contribution in [0, 0.1) is 0 Å². The van der Waals surface area contributed by atoms with E-state index in [0.29, 0.717) is 6.54 Å². The van der Waals surface area contributed by atoms with E-state index in [4.69, 9.17) is 22.1 Å². The van der Waals surface area contributed by atoms with Crippen LogP contribution in [-0.4, -0.2) is 18.6 Å². The molecule has 3 rings (SSSR count). The van der Waals surface area contributed by atoms with Gasteiger partial charge in [0.25, 0.3) is 0 Å². The van der Waals surface area contributed by atoms with Crippen LogP contribution in [0.3, 0.4) is 0 Å². The van der Waals surface area contributed by atoms with Crippen LogP contribution in [0.2, 0.25) is 5.02 Å². The van der Waals surface area contributed by atoms with Crippen LogP contribution in [0.15, 0.2) is 42.5 Å². The summed E-state index contributed by atoms with van der Waals surface area (Å²) < 4.78 is 5.53. The summed E-state index contributed by atoms with van der Waals surface area (Å²) >= 11 is 6.21. The number of methoxy groups -OCH3 is 1. The highest BCUT2D eigenvalue weighted by molar-refractivity contribution is 6.31. The van der Waals surface area contributed by atoms with Gasteiger partial charge in [-0.15, -0.1) is 0 Å². The predicted octanol–water partition coefficient (Wildman–Crippen LogP) is 4.78. The molecular formula is C19H21ClN2O. The third-order valence-corrected chi connectivity index (χ3v) is 4.36. The van der Waals surface area contributed by atoms with Gasteiger partial charge in [-0.05, 0) is 61.7 Å². The molecule has 23 heavy (non-hydrogen) atoms. The van der Waals surface area contributed by atoms with E-state index in [1.807, 2.05) is 36.4 Å². The number of hydrogen-bond donors (Lipinski definition) is 2. The summed E-state index contributed by atoms with van der Waals surface area (Å²) in [4.78, 5) is 3.54. The Hall–Kier alpha value is -1.97. The first-order chi connectivity index (χ1) is 11.2. The number of H-pyrrole nitrogens is 1. The van der Waals surface area contributed by atoms with Gasteiger partial charge in [0.2, 0.25) is 0 Å². The monoisotopic (exact) mass is 328 g/mol. The summed E-state index contributed by atoms with van der Waals surface area (Å²) in [5.41, 5.74) is 10.2. The number of aromatic nitrogens is 1. The summed E-state index contributed by atoms with van der Waals surface area (Å²) in [6, 6.07) is 14.0. The van der Waals surface area contributed by atoms with E-state index in [1.165, 1.54) is 10.9 Å². The molecule has 1 aromatic heterocycles. The molecule has 0 spiro atoms. The molecule has 0 radical (unpaired) electrons. The Morgan fingerprint density at radius 3 is 2.74 bits per heavy atom. The molecule has 0 fully saturated rings. The Kier molecular flexibility index (Phi) is 4.89. The number of aromatic amines is 1. The summed E-state index contributed by atoms with van der Waals surface area (Å²) in [6.45, 7) is 0.715. The number of nitrogens with one attached hydrogen (secondary N) is 1. The molecule has 0 aliphatic carbocycles. The number of fused-ring (bicyclic) bond motifs is 1. The molecule has 0 aliphatic rings. The first-order valence-electron chi connectivity index (χ1n) is 7.88. The lowest BCUT2D eigenvalue weighted by Gasteiger charge is -2.09. The summed E-state index contributed by atoms with van der Waals surface area (Å²) in [7, 11) is 1.70. The van der Waals surface area contributed by atoms with E-state index in [2.05, 4.69) is 11.1 Å². The Morgan fingerprint density at radius 1 is 1.13 bits per heavy atom. The van der Waals surface area contributed by atoms with Crippen molar-refractivity contribution in [2.75, 3.05) is 13.7 Å². The third-order valence-electron chi connectivity index (χ3n) is 4.13. The van der Waals surface area contributed by atoms with Crippen LogP contribution < -0.4 is 10.5 Å². The first-order valence-corrected chi connectivity index (χ1v) is 8.26. The van der Waals surface area contributed by atoms with E-state index < -0.39 is 0 Å². The number of unbranched alkanes of at least 4 members (excludes halogenated alkanes) is 1. The molecule has 3 aromatic rings. The molecule has 0 amide bonds. The minimum Gasteiger partial charge on any atom is -0.496 e. The number of ether oxygens (including phenoxy) is 1. The molecule has 0 bridgehead atoms. The fraction of sp³-hybridized carbons (Fsp3) is 0.263. The van der Waals surface area contributed by atoms with Crippen molar-refractivity contribution in [2.45, 2.75) is 19.3 Å². The van der Waals surface area contributed by atoms with Crippen molar-refractivity contribution in [1.82, 2.24) is 4.98 Å². The van der Waals surface area contributed by atoms with E-state index in [1.54, 1.807) is 7.11 Å². The molecule has 120 valence electrons. The molecule has 3 N–H and O–H groups in total. The second-order valence-electron chi connectivity index (χ2n) is 5.61. The van der Waals surface area contributed by atoms with Crippen molar-refractivity contribution in [1.29, 1.82) is 0 Å². The first kappa shape index (κ1) is 15.9. The smallest absolute Gasteiger partial charge is 0.128 e. The Morgan fingerprint density at radius 2 is 1.96 bits per heavy atom. The van der Waals surface area contributed by atoms with E-state index in [-0.39, 0.29) is 0 Å². The minimum atomic E-state index is 0.715. The van der Waals surface area contributed by atoms with Gasteiger partial charge in [0.15, 0.2) is 0 Å². The van der Waals surface area contributed by atoms with Crippen molar-refractivity contribution in [2.24, 2.45) is 5.73 Å². The normalized spacial score (nSPS) is 11.1. The van der Waals surface area contributed by atoms with E-state index >= 15 is 0 Å². The maximum absolute atomic E-state index is 6.21. The fourth-order valence-electron chi connectivity index (χ4n) is 3.01. The van der Waals surface area contributed by atoms with Gasteiger partial charge < -0.3 is 15.5 Å². The minimum absolute atomic E-state index is 0.715. The lowest BCUT2D eigenvalue weighted by molar-refractivity contribution is 0.416. The van der Waals surface area contributed by atoms with Gasteiger partial charge in [0.1, 0.15) is 5.75 Å². The zero-order valence-electron chi connectivity index (χ0n) is 13.2. The topological polar surface area (TPSA) is 51.0 Å². The SMILES string of the molecule is COc1ccccc1-c1[nH]c2ccc(Cl)cc2c1CCCCN. The molecule has 3 nitrogen and oxygen atoms in total. The molecule has 0 atom stereocenters. The van der Waals surface area contributed by atoms with Crippen molar-refractivity contribution in [3.8, 4) is 17.0 Å². The van der Waals surface area contributed by atoms with Gasteiger partial charge >= 0.3 is 0 Å². The van der Waals surface area contributed by atoms with Gasteiger partial charge in [0, 0.05) is 21.5 Å². The molecule has 0 aliphatic heterocycles. The highest BCUT2D eigenvalue weighted by atomic mass is 35.5. The highest BCUT2D eigenvalue weighted by Crippen LogP contribution is 2.37. The number of para-hydroxylation sites is 1. The van der Waals surface area contributed by atoms with Gasteiger partial charge in [-0.3, -0.25) is 0 Å². The second-order valence-corrected chi connectivity index (χ2v) is 6.05. The quantitative estimate of drug-likeness (QED) is 0.640. The van der Waals surface area contributed by atoms with Crippen LogP contribution in [0.1, 0.15) is 18.4 Å². The lowest BCUT2D eigenvalue weighted by atomic mass is 10.00. The standard InChI is InChI=1S/C19H21ClN2O/c1-23-18-8-3-2-7-15(18)19-14(6-4-5-11-21)16-12-13(20)9-10-17(16)22-19/h2-3,7-10,12,22H,4-6,11,21H2,1H3. The van der Waals surface area contributed by atoms with Gasteiger partial charge in [-0.25, -0.2) is 0 Å². The maximum atomic E-state index is 6.21. The van der Waals surface area contributed by atoms with Crippen LogP contribution in [0.5, 0.6) is 5.75 Å². The predicted molar refractivity (Wildman–Crippen MR) is 97.3 cm³/mol. The van der Waals surface area contributed by atoms with E-state index in [9.17, 15) is 0 Å².